The van der Waals surface area contributed by atoms with E-state index >= 15 is 0 Å². The highest BCUT2D eigenvalue weighted by molar-refractivity contribution is 5.69. The third-order valence-electron chi connectivity index (χ3n) is 3.72. The Labute approximate surface area is 136 Å². The first-order chi connectivity index (χ1) is 11.1. The van der Waals surface area contributed by atoms with Gasteiger partial charge in [0.1, 0.15) is 12.2 Å². The fourth-order valence-corrected chi connectivity index (χ4v) is 2.45. The van der Waals surface area contributed by atoms with Gasteiger partial charge < -0.3 is 11.1 Å². The molecule has 1 aromatic rings. The first-order valence-electron chi connectivity index (χ1n) is 7.92. The monoisotopic (exact) mass is 310 g/mol. The standard InChI is InChI=1S/C17H22N6/c1-4-19-16-14-17(22-15(21-14)11(2)3)23(10-20-16)13-7-5-12(9-18)6-8-13/h5-8,10-11,19H,4,9,18H2,1-3H3. The van der Waals surface area contributed by atoms with E-state index in [0.29, 0.717) is 6.54 Å². The number of fused-ring (bicyclic) bond motifs is 1. The van der Waals surface area contributed by atoms with Crippen LogP contribution in [0.4, 0.5) is 5.82 Å². The molecule has 0 saturated carbocycles. The number of benzene rings is 1. The van der Waals surface area contributed by atoms with Crippen LogP contribution in [0.1, 0.15) is 38.1 Å². The minimum absolute atomic E-state index is 0.268. The molecule has 6 nitrogen and oxygen atoms in total. The van der Waals surface area contributed by atoms with Gasteiger partial charge in [-0.2, -0.15) is 0 Å². The Balaban J connectivity index is 2.14. The topological polar surface area (TPSA) is 81.7 Å². The zero-order valence-electron chi connectivity index (χ0n) is 13.7. The van der Waals surface area contributed by atoms with Crippen molar-refractivity contribution in [2.45, 2.75) is 33.2 Å². The summed E-state index contributed by atoms with van der Waals surface area (Å²) < 4.78 is 1.97. The second kappa shape index (κ2) is 6.34. The lowest BCUT2D eigenvalue weighted by Gasteiger charge is -2.13. The number of imidazole rings is 1. The fourth-order valence-electron chi connectivity index (χ4n) is 2.45. The molecule has 2 aliphatic heterocycles. The number of nitrogens with one attached hydrogen (secondary N) is 1. The number of nitrogens with two attached hydrogens (primary N) is 1. The van der Waals surface area contributed by atoms with E-state index in [0.717, 1.165) is 41.0 Å². The van der Waals surface area contributed by atoms with Gasteiger partial charge in [-0.3, -0.25) is 4.57 Å². The maximum atomic E-state index is 5.67. The van der Waals surface area contributed by atoms with E-state index in [4.69, 9.17) is 10.7 Å². The summed E-state index contributed by atoms with van der Waals surface area (Å²) in [5.41, 5.74) is 8.57. The van der Waals surface area contributed by atoms with Crippen molar-refractivity contribution in [2.24, 2.45) is 5.73 Å². The van der Waals surface area contributed by atoms with Gasteiger partial charge in [0, 0.05) is 24.7 Å². The highest BCUT2D eigenvalue weighted by atomic mass is 15.2. The average Bonchev–Trinajstić information content (AvgIpc) is 3.01. The second-order valence-electron chi connectivity index (χ2n) is 5.77. The molecule has 0 saturated heterocycles. The third-order valence-corrected chi connectivity index (χ3v) is 3.72. The van der Waals surface area contributed by atoms with Crippen LogP contribution in [-0.2, 0) is 6.54 Å². The van der Waals surface area contributed by atoms with Gasteiger partial charge in [-0.05, 0) is 24.6 Å². The van der Waals surface area contributed by atoms with E-state index in [2.05, 4.69) is 29.1 Å². The molecule has 3 N–H and O–H groups in total. The van der Waals surface area contributed by atoms with Crippen LogP contribution in [0.3, 0.4) is 0 Å². The summed E-state index contributed by atoms with van der Waals surface area (Å²) in [5, 5.41) is 3.26. The predicted molar refractivity (Wildman–Crippen MR) is 91.9 cm³/mol. The quantitative estimate of drug-likeness (QED) is 0.757. The largest absolute Gasteiger partial charge is 0.368 e. The van der Waals surface area contributed by atoms with Gasteiger partial charge >= 0.3 is 0 Å². The summed E-state index contributed by atoms with van der Waals surface area (Å²) in [6, 6.07) is 8.10. The molecular weight excluding hydrogens is 288 g/mol. The van der Waals surface area contributed by atoms with Gasteiger partial charge in [0.25, 0.3) is 0 Å². The van der Waals surface area contributed by atoms with E-state index in [-0.39, 0.29) is 5.92 Å². The number of hydrogen-bond donors (Lipinski definition) is 2. The summed E-state index contributed by atoms with van der Waals surface area (Å²) in [7, 11) is 0. The number of nitrogens with zero attached hydrogens (tertiary/aromatic N) is 4. The van der Waals surface area contributed by atoms with Gasteiger partial charge in [-0.15, -0.1) is 0 Å². The normalized spacial score (nSPS) is 11.3. The highest BCUT2D eigenvalue weighted by Gasteiger charge is 2.21. The maximum Gasteiger partial charge on any atom is 0.170 e. The molecule has 0 bridgehead atoms. The van der Waals surface area contributed by atoms with Crippen LogP contribution < -0.4 is 11.1 Å². The Hall–Kier alpha value is -2.47. The Bertz CT molecular complexity index is 759. The molecule has 0 amide bonds. The molecule has 1 aromatic carbocycles. The Morgan fingerprint density at radius 2 is 1.91 bits per heavy atom. The van der Waals surface area contributed by atoms with Crippen molar-refractivity contribution in [3.63, 3.8) is 0 Å². The average molecular weight is 310 g/mol. The van der Waals surface area contributed by atoms with E-state index in [1.165, 1.54) is 0 Å². The zero-order valence-corrected chi connectivity index (χ0v) is 13.7. The summed E-state index contributed by atoms with van der Waals surface area (Å²) in [6.07, 6.45) is 1.79. The van der Waals surface area contributed by atoms with Crippen molar-refractivity contribution in [1.29, 1.82) is 0 Å². The van der Waals surface area contributed by atoms with Crippen LogP contribution in [0, 0.1) is 0 Å². The molecule has 0 unspecified atom stereocenters. The molecule has 120 valence electrons. The van der Waals surface area contributed by atoms with Gasteiger partial charge in [0.15, 0.2) is 17.3 Å². The molecule has 0 fully saturated rings. The van der Waals surface area contributed by atoms with E-state index < -0.39 is 0 Å². The molecule has 23 heavy (non-hydrogen) atoms. The summed E-state index contributed by atoms with van der Waals surface area (Å²) in [5.74, 6) is 2.70. The molecule has 3 rings (SSSR count). The smallest absolute Gasteiger partial charge is 0.170 e. The van der Waals surface area contributed by atoms with E-state index in [9.17, 15) is 0 Å². The molecule has 0 radical (unpaired) electrons. The molecule has 0 aromatic heterocycles. The second-order valence-corrected chi connectivity index (χ2v) is 5.77. The van der Waals surface area contributed by atoms with Crippen LogP contribution >= 0.6 is 0 Å². The summed E-state index contributed by atoms with van der Waals surface area (Å²) in [6.45, 7) is 7.55. The maximum absolute atomic E-state index is 5.67. The molecule has 0 atom stereocenters. The lowest BCUT2D eigenvalue weighted by atomic mass is 10.2. The molecule has 0 aliphatic carbocycles. The third kappa shape index (κ3) is 2.90. The van der Waals surface area contributed by atoms with E-state index in [1.807, 2.05) is 35.8 Å². The molecule has 2 heterocycles. The first-order valence-corrected chi connectivity index (χ1v) is 7.92. The van der Waals surface area contributed by atoms with Crippen molar-refractivity contribution in [3.8, 4) is 17.2 Å². The summed E-state index contributed by atoms with van der Waals surface area (Å²) >= 11 is 0. The lowest BCUT2D eigenvalue weighted by molar-refractivity contribution is 0.794. The number of anilines is 1. The van der Waals surface area contributed by atoms with Crippen molar-refractivity contribution in [1.82, 2.24) is 19.5 Å². The minimum Gasteiger partial charge on any atom is -0.368 e. The number of aromatic nitrogens is 4. The van der Waals surface area contributed by atoms with Gasteiger partial charge in [0.2, 0.25) is 0 Å². The van der Waals surface area contributed by atoms with Crippen LogP contribution in [0.15, 0.2) is 30.6 Å². The van der Waals surface area contributed by atoms with Crippen LogP contribution in [0.5, 0.6) is 0 Å². The molecule has 2 aliphatic rings. The van der Waals surface area contributed by atoms with Crippen LogP contribution in [-0.4, -0.2) is 26.1 Å². The number of rotatable bonds is 5. The zero-order chi connectivity index (χ0) is 16.4. The minimum atomic E-state index is 0.268. The molecular formula is C17H22N6. The van der Waals surface area contributed by atoms with Crippen molar-refractivity contribution in [2.75, 3.05) is 11.9 Å². The Kier molecular flexibility index (Phi) is 4.25. The lowest BCUT2D eigenvalue weighted by Crippen LogP contribution is -2.08. The van der Waals surface area contributed by atoms with Crippen molar-refractivity contribution >= 4 is 5.82 Å². The first kappa shape index (κ1) is 15.4. The molecule has 0 spiro atoms. The highest BCUT2D eigenvalue weighted by Crippen LogP contribution is 2.29. The SMILES string of the molecule is CCNc1ncn(-c2ccc(CN)cc2)c2nc(C(C)C)nc1-2. The van der Waals surface area contributed by atoms with Gasteiger partial charge in [-0.1, -0.05) is 26.0 Å². The number of hydrogen-bond acceptors (Lipinski definition) is 5. The van der Waals surface area contributed by atoms with Crippen molar-refractivity contribution in [3.05, 3.63) is 42.0 Å². The van der Waals surface area contributed by atoms with Crippen molar-refractivity contribution < 1.29 is 0 Å². The van der Waals surface area contributed by atoms with Gasteiger partial charge in [-0.25, -0.2) is 15.0 Å². The molecule has 6 heteroatoms. The Morgan fingerprint density at radius 3 is 2.52 bits per heavy atom. The fraction of sp³-hybridized carbons (Fsp3) is 0.353. The van der Waals surface area contributed by atoms with Crippen LogP contribution in [0.25, 0.3) is 17.2 Å². The predicted octanol–water partition coefficient (Wildman–Crippen LogP) is 2.78. The van der Waals surface area contributed by atoms with Crippen LogP contribution in [0.2, 0.25) is 0 Å². The Morgan fingerprint density at radius 1 is 1.17 bits per heavy atom. The van der Waals surface area contributed by atoms with E-state index in [1.54, 1.807) is 6.33 Å². The summed E-state index contributed by atoms with van der Waals surface area (Å²) in [4.78, 5) is 13.9. The van der Waals surface area contributed by atoms with Gasteiger partial charge in [0.05, 0.1) is 0 Å².